The van der Waals surface area contributed by atoms with Gasteiger partial charge in [-0.15, -0.1) is 0 Å². The van der Waals surface area contributed by atoms with Gasteiger partial charge in [0.05, 0.1) is 23.8 Å². The molecule has 0 saturated heterocycles. The maximum absolute atomic E-state index is 9.90. The topological polar surface area (TPSA) is 64.5 Å². The van der Waals surface area contributed by atoms with E-state index in [-0.39, 0.29) is 11.8 Å². The van der Waals surface area contributed by atoms with E-state index in [0.717, 1.165) is 47.5 Å². The Kier molecular flexibility index (Phi) is 4.92. The molecule has 24 heavy (non-hydrogen) atoms. The van der Waals surface area contributed by atoms with Crippen LogP contribution in [0.1, 0.15) is 50.2 Å². The van der Waals surface area contributed by atoms with Gasteiger partial charge in [-0.3, -0.25) is 5.10 Å². The number of H-pyrrole nitrogens is 1. The maximum Gasteiger partial charge on any atom is 0.129 e. The zero-order valence-electron chi connectivity index (χ0n) is 13.9. The van der Waals surface area contributed by atoms with Crippen LogP contribution < -0.4 is 5.32 Å². The number of nitrogens with one attached hydrogen (secondary N) is 2. The highest BCUT2D eigenvalue weighted by molar-refractivity contribution is 6.31. The summed E-state index contributed by atoms with van der Waals surface area (Å²) in [5, 5.41) is 21.2. The lowest BCUT2D eigenvalue weighted by molar-refractivity contribution is 0.566. The largest absolute Gasteiger partial charge is 0.343 e. The van der Waals surface area contributed by atoms with Crippen molar-refractivity contribution >= 4 is 17.4 Å². The van der Waals surface area contributed by atoms with Gasteiger partial charge in [0.25, 0.3) is 0 Å². The molecular formula is C19H21ClN4. The molecule has 1 aliphatic rings. The van der Waals surface area contributed by atoms with E-state index in [4.69, 9.17) is 11.6 Å². The highest BCUT2D eigenvalue weighted by Gasteiger charge is 2.33. The molecule has 0 fully saturated rings. The molecule has 5 heteroatoms. The molecule has 0 bridgehead atoms. The summed E-state index contributed by atoms with van der Waals surface area (Å²) in [7, 11) is 0. The average molecular weight is 341 g/mol. The lowest BCUT2D eigenvalue weighted by Crippen LogP contribution is -2.22. The number of rotatable bonds is 5. The van der Waals surface area contributed by atoms with Crippen LogP contribution in [-0.2, 0) is 0 Å². The number of aromatic amines is 1. The molecule has 0 aliphatic carbocycles. The fourth-order valence-electron chi connectivity index (χ4n) is 3.33. The summed E-state index contributed by atoms with van der Waals surface area (Å²) in [6.07, 6.45) is 5.10. The second-order valence-electron chi connectivity index (χ2n) is 6.26. The molecule has 1 aromatic carbocycles. The van der Waals surface area contributed by atoms with E-state index in [1.807, 2.05) is 24.3 Å². The summed E-state index contributed by atoms with van der Waals surface area (Å²) in [5.74, 6) is 0.955. The summed E-state index contributed by atoms with van der Waals surface area (Å²) in [6, 6.07) is 10.2. The molecule has 4 nitrogen and oxygen atoms in total. The Hall–Kier alpha value is -2.25. The number of nitriles is 1. The molecule has 124 valence electrons. The Labute approximate surface area is 147 Å². The van der Waals surface area contributed by atoms with Crippen LogP contribution in [-0.4, -0.2) is 10.2 Å². The number of benzene rings is 1. The van der Waals surface area contributed by atoms with Crippen LogP contribution in [0.15, 0.2) is 41.7 Å². The van der Waals surface area contributed by atoms with E-state index in [1.165, 1.54) is 0 Å². The first-order chi connectivity index (χ1) is 11.7. The number of halogens is 1. The van der Waals surface area contributed by atoms with Crippen LogP contribution in [0.5, 0.6) is 0 Å². The van der Waals surface area contributed by atoms with Gasteiger partial charge in [-0.2, -0.15) is 10.4 Å². The number of hydrogen-bond donors (Lipinski definition) is 2. The van der Waals surface area contributed by atoms with Crippen molar-refractivity contribution in [2.45, 2.75) is 39.0 Å². The van der Waals surface area contributed by atoms with Crippen molar-refractivity contribution in [3.8, 4) is 6.07 Å². The molecule has 0 saturated carbocycles. The second-order valence-corrected chi connectivity index (χ2v) is 6.67. The first-order valence-electron chi connectivity index (χ1n) is 8.36. The van der Waals surface area contributed by atoms with Crippen LogP contribution in [0, 0.1) is 17.2 Å². The zero-order valence-corrected chi connectivity index (χ0v) is 14.7. The number of hydrogen-bond acceptors (Lipinski definition) is 3. The highest BCUT2D eigenvalue weighted by Crippen LogP contribution is 2.44. The third-order valence-corrected chi connectivity index (χ3v) is 4.98. The molecule has 2 N–H and O–H groups in total. The minimum absolute atomic E-state index is 0.183. The van der Waals surface area contributed by atoms with Crippen molar-refractivity contribution < 1.29 is 0 Å². The Morgan fingerprint density at radius 1 is 1.33 bits per heavy atom. The summed E-state index contributed by atoms with van der Waals surface area (Å²) in [4.78, 5) is 0. The first kappa shape index (κ1) is 16.6. The molecular weight excluding hydrogens is 320 g/mol. The molecule has 3 rings (SSSR count). The number of unbranched alkanes of at least 4 members (excludes halogenated alkanes) is 1. The van der Waals surface area contributed by atoms with E-state index in [1.54, 1.807) is 6.20 Å². The fourth-order valence-corrected chi connectivity index (χ4v) is 3.57. The SMILES string of the molecule is CCCCC(C)C1=C(C#N)C(c2ccccc2Cl)c2cn[nH]c2N1. The number of nitrogens with zero attached hydrogens (tertiary/aromatic N) is 2. The fraction of sp³-hybridized carbons (Fsp3) is 0.368. The monoisotopic (exact) mass is 340 g/mol. The number of anilines is 1. The predicted molar refractivity (Wildman–Crippen MR) is 96.8 cm³/mol. The standard InChI is InChI=1S/C19H21ClN4/c1-3-4-7-12(2)18-14(10-21)17(13-8-5-6-9-16(13)20)15-11-22-24-19(15)23-18/h5-6,8-9,11-12,17H,3-4,7H2,1-2H3,(H2,22,23,24). The van der Waals surface area contributed by atoms with Crippen LogP contribution in [0.4, 0.5) is 5.82 Å². The van der Waals surface area contributed by atoms with Crippen LogP contribution >= 0.6 is 11.6 Å². The minimum Gasteiger partial charge on any atom is -0.343 e. The Morgan fingerprint density at radius 2 is 2.12 bits per heavy atom. The van der Waals surface area contributed by atoms with Crippen molar-refractivity contribution in [3.05, 3.63) is 57.9 Å². The summed E-state index contributed by atoms with van der Waals surface area (Å²) < 4.78 is 0. The number of allylic oxidation sites excluding steroid dienone is 2. The Balaban J connectivity index is 2.12. The smallest absolute Gasteiger partial charge is 0.129 e. The first-order valence-corrected chi connectivity index (χ1v) is 8.74. The average Bonchev–Trinajstić information content (AvgIpc) is 3.06. The van der Waals surface area contributed by atoms with Gasteiger partial charge in [0.1, 0.15) is 5.82 Å². The normalized spacial score (nSPS) is 17.8. The van der Waals surface area contributed by atoms with Crippen molar-refractivity contribution in [1.29, 1.82) is 5.26 Å². The van der Waals surface area contributed by atoms with Gasteiger partial charge in [-0.25, -0.2) is 0 Å². The van der Waals surface area contributed by atoms with E-state index in [9.17, 15) is 5.26 Å². The van der Waals surface area contributed by atoms with Gasteiger partial charge in [0, 0.05) is 16.3 Å². The third kappa shape index (κ3) is 2.92. The van der Waals surface area contributed by atoms with Crippen molar-refractivity contribution in [3.63, 3.8) is 0 Å². The highest BCUT2D eigenvalue weighted by atomic mass is 35.5. The van der Waals surface area contributed by atoms with Crippen molar-refractivity contribution in [1.82, 2.24) is 10.2 Å². The van der Waals surface area contributed by atoms with Gasteiger partial charge >= 0.3 is 0 Å². The second kappa shape index (κ2) is 7.11. The number of fused-ring (bicyclic) bond motifs is 1. The molecule has 1 aromatic heterocycles. The van der Waals surface area contributed by atoms with E-state index in [2.05, 4.69) is 35.4 Å². The van der Waals surface area contributed by atoms with Crippen molar-refractivity contribution in [2.75, 3.05) is 5.32 Å². The van der Waals surface area contributed by atoms with Crippen molar-refractivity contribution in [2.24, 2.45) is 5.92 Å². The summed E-state index contributed by atoms with van der Waals surface area (Å²) in [5.41, 5.74) is 3.62. The zero-order chi connectivity index (χ0) is 17.1. The molecule has 2 atom stereocenters. The van der Waals surface area contributed by atoms with E-state index >= 15 is 0 Å². The van der Waals surface area contributed by atoms with E-state index in [0.29, 0.717) is 5.02 Å². The number of aromatic nitrogens is 2. The molecule has 2 unspecified atom stereocenters. The molecule has 1 aliphatic heterocycles. The van der Waals surface area contributed by atoms with Gasteiger partial charge in [0.2, 0.25) is 0 Å². The maximum atomic E-state index is 9.90. The molecule has 2 aromatic rings. The Morgan fingerprint density at radius 3 is 2.83 bits per heavy atom. The van der Waals surface area contributed by atoms with Gasteiger partial charge < -0.3 is 5.32 Å². The molecule has 0 radical (unpaired) electrons. The molecule has 2 heterocycles. The van der Waals surface area contributed by atoms with Crippen LogP contribution in [0.3, 0.4) is 0 Å². The van der Waals surface area contributed by atoms with Crippen LogP contribution in [0.2, 0.25) is 5.02 Å². The lowest BCUT2D eigenvalue weighted by Gasteiger charge is -2.29. The molecule has 0 spiro atoms. The summed E-state index contributed by atoms with van der Waals surface area (Å²) >= 11 is 6.44. The predicted octanol–water partition coefficient (Wildman–Crippen LogP) is 5.22. The molecule has 0 amide bonds. The van der Waals surface area contributed by atoms with Crippen LogP contribution in [0.25, 0.3) is 0 Å². The summed E-state index contributed by atoms with van der Waals surface area (Å²) in [6.45, 7) is 4.35. The van der Waals surface area contributed by atoms with Gasteiger partial charge in [0.15, 0.2) is 0 Å². The van der Waals surface area contributed by atoms with Gasteiger partial charge in [-0.1, -0.05) is 56.5 Å². The lowest BCUT2D eigenvalue weighted by atomic mass is 9.80. The minimum atomic E-state index is -0.183. The Bertz CT molecular complexity index is 800. The van der Waals surface area contributed by atoms with E-state index < -0.39 is 0 Å². The third-order valence-electron chi connectivity index (χ3n) is 4.64. The quantitative estimate of drug-likeness (QED) is 0.783. The van der Waals surface area contributed by atoms with Gasteiger partial charge in [-0.05, 0) is 24.0 Å².